The first-order valence-corrected chi connectivity index (χ1v) is 22.0. The summed E-state index contributed by atoms with van der Waals surface area (Å²) < 4.78 is 28.1. The molecule has 0 aliphatic heterocycles. The lowest BCUT2D eigenvalue weighted by Crippen LogP contribution is -2.56. The number of esters is 3. The molecule has 0 saturated heterocycles. The first kappa shape index (κ1) is 47.8. The van der Waals surface area contributed by atoms with Gasteiger partial charge in [-0.05, 0) is 119 Å². The van der Waals surface area contributed by atoms with Gasteiger partial charge in [0, 0.05) is 36.0 Å². The van der Waals surface area contributed by atoms with Crippen LogP contribution in [-0.4, -0.2) is 84.8 Å². The minimum absolute atomic E-state index is 0.0207. The van der Waals surface area contributed by atoms with Gasteiger partial charge in [-0.1, -0.05) is 54.2 Å². The van der Waals surface area contributed by atoms with E-state index in [1.807, 2.05) is 13.0 Å². The van der Waals surface area contributed by atoms with E-state index in [9.17, 15) is 33.6 Å². The minimum atomic E-state index is -1.42. The van der Waals surface area contributed by atoms with E-state index in [1.54, 1.807) is 48.5 Å². The molecule has 0 radical (unpaired) electrons. The second-order valence-corrected chi connectivity index (χ2v) is 21.1. The summed E-state index contributed by atoms with van der Waals surface area (Å²) in [7, 11) is 0. The number of rotatable bonds is 13. The van der Waals surface area contributed by atoms with E-state index in [2.05, 4.69) is 51.0 Å². The van der Waals surface area contributed by atoms with Gasteiger partial charge in [-0.15, -0.1) is 0 Å². The monoisotopic (exact) mass is 854 g/mol. The number of allylic oxidation sites excluding steroid dienone is 2. The molecule has 0 aromatic rings. The molecule has 340 valence electrons. The van der Waals surface area contributed by atoms with Crippen LogP contribution in [0, 0.1) is 63.1 Å². The van der Waals surface area contributed by atoms with Crippen molar-refractivity contribution in [3.8, 4) is 0 Å². The fourth-order valence-corrected chi connectivity index (χ4v) is 12.8. The fraction of sp³-hybridized carbons (Fsp3) is 0.766. The molecule has 2 N–H and O–H groups in total. The van der Waals surface area contributed by atoms with Crippen LogP contribution < -0.4 is 10.6 Å². The predicted molar refractivity (Wildman–Crippen MR) is 224 cm³/mol. The Labute approximate surface area is 361 Å². The van der Waals surface area contributed by atoms with E-state index in [4.69, 9.17) is 23.7 Å². The molecule has 2 spiro atoms. The van der Waals surface area contributed by atoms with Crippen LogP contribution in [0.2, 0.25) is 0 Å². The average molecular weight is 855 g/mol. The lowest BCUT2D eigenvalue weighted by molar-refractivity contribution is -0.167. The molecule has 4 fully saturated rings. The molecular weight excluding hydrogens is 785 g/mol. The number of alkyl carbamates (subject to hydrolysis) is 2. The third kappa shape index (κ3) is 8.75. The Balaban J connectivity index is 1.42. The second-order valence-electron chi connectivity index (χ2n) is 21.1. The zero-order chi connectivity index (χ0) is 45.8. The lowest BCUT2D eigenvalue weighted by atomic mass is 9.43. The Morgan fingerprint density at radius 2 is 1.44 bits per heavy atom. The summed E-state index contributed by atoms with van der Waals surface area (Å²) in [4.78, 5) is 91.3. The molecule has 5 aliphatic carbocycles. The van der Waals surface area contributed by atoms with Crippen LogP contribution in [0.25, 0.3) is 0 Å². The van der Waals surface area contributed by atoms with Crippen molar-refractivity contribution in [1.29, 1.82) is 0 Å². The van der Waals surface area contributed by atoms with E-state index in [0.717, 1.165) is 25.7 Å². The van der Waals surface area contributed by atoms with Crippen LogP contribution in [0.4, 0.5) is 9.59 Å². The van der Waals surface area contributed by atoms with Gasteiger partial charge >= 0.3 is 30.1 Å². The number of carbonyl (C=O) groups is 7. The van der Waals surface area contributed by atoms with Gasteiger partial charge in [0.1, 0.15) is 30.4 Å². The summed E-state index contributed by atoms with van der Waals surface area (Å²) in [5.41, 5.74) is -2.48. The van der Waals surface area contributed by atoms with Crippen molar-refractivity contribution in [2.75, 3.05) is 19.7 Å². The van der Waals surface area contributed by atoms with E-state index in [1.165, 1.54) is 6.92 Å². The highest BCUT2D eigenvalue weighted by molar-refractivity contribution is 6.00. The van der Waals surface area contributed by atoms with Crippen LogP contribution in [0.3, 0.4) is 0 Å². The highest BCUT2D eigenvalue weighted by Crippen LogP contribution is 2.89. The van der Waals surface area contributed by atoms with E-state index < -0.39 is 95.5 Å². The van der Waals surface area contributed by atoms with Gasteiger partial charge in [-0.25, -0.2) is 9.59 Å². The van der Waals surface area contributed by atoms with Crippen LogP contribution >= 0.6 is 0 Å². The number of carbonyl (C=O) groups excluding carboxylic acids is 7. The number of nitrogens with one attached hydrogen (secondary N) is 2. The van der Waals surface area contributed by atoms with Crippen molar-refractivity contribution in [2.24, 2.45) is 63.1 Å². The van der Waals surface area contributed by atoms with Crippen molar-refractivity contribution in [2.45, 2.75) is 146 Å². The van der Waals surface area contributed by atoms with Crippen LogP contribution in [0.15, 0.2) is 24.3 Å². The Morgan fingerprint density at radius 3 is 2.00 bits per heavy atom. The quantitative estimate of drug-likeness (QED) is 0.109. The molecule has 61 heavy (non-hydrogen) atoms. The Morgan fingerprint density at radius 1 is 0.869 bits per heavy atom. The molecular formula is C47H70N2O12. The summed E-state index contributed by atoms with van der Waals surface area (Å²) >= 11 is 0. The highest BCUT2D eigenvalue weighted by Gasteiger charge is 2.85. The molecule has 13 atom stereocenters. The fourth-order valence-electron chi connectivity index (χ4n) is 12.8. The Hall–Kier alpha value is -4.23. The van der Waals surface area contributed by atoms with E-state index >= 15 is 0 Å². The van der Waals surface area contributed by atoms with Gasteiger partial charge in [0.05, 0.1) is 6.61 Å². The van der Waals surface area contributed by atoms with Crippen LogP contribution in [0.1, 0.15) is 122 Å². The predicted octanol–water partition coefficient (Wildman–Crippen LogP) is 7.07. The number of ketones is 2. The third-order valence-corrected chi connectivity index (χ3v) is 15.5. The number of ether oxygens (including phenoxy) is 5. The second kappa shape index (κ2) is 16.8. The van der Waals surface area contributed by atoms with Crippen molar-refractivity contribution in [3.63, 3.8) is 0 Å². The van der Waals surface area contributed by atoms with Crippen molar-refractivity contribution >= 4 is 41.7 Å². The van der Waals surface area contributed by atoms with E-state index in [-0.39, 0.29) is 52.0 Å². The van der Waals surface area contributed by atoms with Gasteiger partial charge in [0.2, 0.25) is 0 Å². The van der Waals surface area contributed by atoms with E-state index in [0.29, 0.717) is 12.3 Å². The van der Waals surface area contributed by atoms with Crippen LogP contribution in [0.5, 0.6) is 0 Å². The maximum absolute atomic E-state index is 14.7. The highest BCUT2D eigenvalue weighted by atomic mass is 16.6. The number of hydrogen-bond acceptors (Lipinski definition) is 12. The topological polar surface area (TPSA) is 190 Å². The van der Waals surface area contributed by atoms with Crippen LogP contribution in [-0.2, 0) is 47.7 Å². The molecule has 0 bridgehead atoms. The van der Waals surface area contributed by atoms with Gasteiger partial charge in [0.15, 0.2) is 17.7 Å². The Kier molecular flexibility index (Phi) is 13.2. The van der Waals surface area contributed by atoms with Crippen molar-refractivity contribution in [3.05, 3.63) is 24.3 Å². The third-order valence-electron chi connectivity index (χ3n) is 15.5. The minimum Gasteiger partial charge on any atom is -0.464 e. The average Bonchev–Trinajstić information content (AvgIpc) is 3.58. The molecule has 5 aliphatic rings. The summed E-state index contributed by atoms with van der Waals surface area (Å²) in [5, 5.41) is 4.76. The summed E-state index contributed by atoms with van der Waals surface area (Å²) in [6, 6.07) is 0. The zero-order valence-corrected chi connectivity index (χ0v) is 38.6. The standard InChI is InChI=1S/C47H70N2O12/c1-25(24-57-35(52)22-48-40(55)60-42(7,8)9)26(2)38(54)39(59-36(53)23-49-41(56)61-43(10,11)12)28(4)37-33(58-30(6)50)21-45(14)34-16-15-31-27(3)32(51)17-18-46(31)29(5)47(34,46)20-19-44(37,45)13/h17-18,25,27-29,31,33-34,37,39H,2,15-16,19-24H2,1,3-14H3,(H,48,55)(H,49,56)/t25-,27-,28-,29+,31?,33-,34?,37?,39?,44?,45-,46?,47-/m0/s1. The van der Waals surface area contributed by atoms with Crippen molar-refractivity contribution in [1.82, 2.24) is 10.6 Å². The molecule has 0 heterocycles. The van der Waals surface area contributed by atoms with Gasteiger partial charge < -0.3 is 34.3 Å². The molecule has 2 amide bonds. The molecule has 6 unspecified atom stereocenters. The number of amides is 2. The summed E-state index contributed by atoms with van der Waals surface area (Å²) in [6.07, 6.45) is 4.45. The number of fused-ring (bicyclic) bond motifs is 2. The smallest absolute Gasteiger partial charge is 0.408 e. The SMILES string of the molecule is C=C(C(=O)C(OC(=O)CNC(=O)OC(C)(C)C)[C@@H](C)C1[C@@H](OC(C)=O)C[C@@]2(C)C3CCC4[C@H](C)C(=O)C=CC45[C@@H](C)[C@@]35CCC12C)[C@@H](C)COC(=O)CNC(=O)OC(C)(C)C. The molecule has 5 rings (SSSR count). The van der Waals surface area contributed by atoms with Gasteiger partial charge in [-0.3, -0.25) is 24.0 Å². The number of Topliss-reactive ketones (excluding diaryl/α,β-unsaturated/α-hetero) is 1. The largest absolute Gasteiger partial charge is 0.464 e. The lowest BCUT2D eigenvalue weighted by Gasteiger charge is -2.61. The molecule has 0 aromatic carbocycles. The van der Waals surface area contributed by atoms with Crippen molar-refractivity contribution < 1.29 is 57.2 Å². The van der Waals surface area contributed by atoms with Gasteiger partial charge in [0.25, 0.3) is 0 Å². The molecule has 0 aromatic heterocycles. The zero-order valence-electron chi connectivity index (χ0n) is 38.6. The summed E-state index contributed by atoms with van der Waals surface area (Å²) in [5.74, 6) is -3.53. The normalized spacial score (nSPS) is 35.0. The molecule has 4 saturated carbocycles. The first-order valence-electron chi connectivity index (χ1n) is 22.0. The first-order chi connectivity index (χ1) is 28.1. The number of hydrogen-bond donors (Lipinski definition) is 2. The summed E-state index contributed by atoms with van der Waals surface area (Å²) in [6.45, 7) is 26.7. The molecule has 14 heteroatoms. The Bertz CT molecular complexity index is 1840. The van der Waals surface area contributed by atoms with Gasteiger partial charge in [-0.2, -0.15) is 0 Å². The maximum atomic E-state index is 14.7. The molecule has 14 nitrogen and oxygen atoms in total. The maximum Gasteiger partial charge on any atom is 0.408 e.